The number of anilines is 1. The molecular weight excluding hydrogens is 340 g/mol. The Balaban J connectivity index is 2.55. The van der Waals surface area contributed by atoms with Crippen LogP contribution in [0.1, 0.15) is 18.9 Å². The zero-order valence-electron chi connectivity index (χ0n) is 13.6. The first kappa shape index (κ1) is 19.7. The molecule has 0 spiro atoms. The summed E-state index contributed by atoms with van der Waals surface area (Å²) >= 11 is 6.10. The van der Waals surface area contributed by atoms with Crippen molar-refractivity contribution in [3.63, 3.8) is 0 Å². The number of hydrogen-bond acceptors (Lipinski definition) is 5. The van der Waals surface area contributed by atoms with Gasteiger partial charge in [-0.05, 0) is 38.0 Å². The van der Waals surface area contributed by atoms with Crippen LogP contribution in [0.5, 0.6) is 0 Å². The molecule has 0 saturated carbocycles. The molecule has 0 aliphatic heterocycles. The lowest BCUT2D eigenvalue weighted by molar-refractivity contribution is -0.119. The normalized spacial score (nSPS) is 11.3. The van der Waals surface area contributed by atoms with Gasteiger partial charge in [-0.25, -0.2) is 8.42 Å². The summed E-state index contributed by atoms with van der Waals surface area (Å²) in [5.74, 6) is -0.149. The standard InChI is InChI=1S/C15H23ClN2O4S/c1-4-22-9-5-8-17-14(19)10-18-12-6-7-13(23(3,20)21)15(16)11(12)2/h6-7,18H,4-5,8-10H2,1-3H3,(H,17,19). The predicted octanol–water partition coefficient (Wildman–Crippen LogP) is 2.01. The third-order valence-corrected chi connectivity index (χ3v) is 4.92. The number of ether oxygens (including phenoxy) is 1. The van der Waals surface area contributed by atoms with Gasteiger partial charge in [-0.1, -0.05) is 11.6 Å². The van der Waals surface area contributed by atoms with Crippen LogP contribution < -0.4 is 10.6 Å². The number of halogens is 1. The molecule has 0 atom stereocenters. The van der Waals surface area contributed by atoms with Crippen LogP contribution in [-0.2, 0) is 19.4 Å². The van der Waals surface area contributed by atoms with Gasteiger partial charge in [0, 0.05) is 31.7 Å². The van der Waals surface area contributed by atoms with Gasteiger partial charge in [-0.3, -0.25) is 4.79 Å². The summed E-state index contributed by atoms with van der Waals surface area (Å²) < 4.78 is 28.4. The summed E-state index contributed by atoms with van der Waals surface area (Å²) in [5.41, 5.74) is 1.23. The average molecular weight is 363 g/mol. The second-order valence-electron chi connectivity index (χ2n) is 5.08. The van der Waals surface area contributed by atoms with E-state index in [1.807, 2.05) is 6.92 Å². The van der Waals surface area contributed by atoms with Crippen molar-refractivity contribution in [3.05, 3.63) is 22.7 Å². The van der Waals surface area contributed by atoms with Crippen LogP contribution in [0.3, 0.4) is 0 Å². The third kappa shape index (κ3) is 6.37. The fourth-order valence-electron chi connectivity index (χ4n) is 1.92. The van der Waals surface area contributed by atoms with E-state index in [4.69, 9.17) is 16.3 Å². The second kappa shape index (κ2) is 9.10. The molecule has 6 nitrogen and oxygen atoms in total. The van der Waals surface area contributed by atoms with Crippen molar-refractivity contribution in [1.29, 1.82) is 0 Å². The molecule has 0 heterocycles. The van der Waals surface area contributed by atoms with Gasteiger partial charge in [0.2, 0.25) is 5.91 Å². The molecule has 130 valence electrons. The Morgan fingerprint density at radius 2 is 2.04 bits per heavy atom. The van der Waals surface area contributed by atoms with E-state index in [0.29, 0.717) is 31.0 Å². The lowest BCUT2D eigenvalue weighted by Gasteiger charge is -2.13. The molecule has 0 unspecified atom stereocenters. The molecule has 1 aromatic rings. The maximum absolute atomic E-state index is 11.7. The quantitative estimate of drug-likeness (QED) is 0.656. The van der Waals surface area contributed by atoms with Crippen molar-refractivity contribution in [1.82, 2.24) is 5.32 Å². The van der Waals surface area contributed by atoms with Crippen LogP contribution in [-0.4, -0.2) is 46.9 Å². The maximum Gasteiger partial charge on any atom is 0.239 e. The summed E-state index contributed by atoms with van der Waals surface area (Å²) in [5, 5.41) is 5.91. The van der Waals surface area contributed by atoms with E-state index in [-0.39, 0.29) is 22.4 Å². The third-order valence-electron chi connectivity index (χ3n) is 3.18. The van der Waals surface area contributed by atoms with Gasteiger partial charge < -0.3 is 15.4 Å². The van der Waals surface area contributed by atoms with Gasteiger partial charge >= 0.3 is 0 Å². The minimum atomic E-state index is -3.37. The van der Waals surface area contributed by atoms with E-state index in [9.17, 15) is 13.2 Å². The van der Waals surface area contributed by atoms with Crippen LogP contribution in [0.4, 0.5) is 5.69 Å². The SMILES string of the molecule is CCOCCCNC(=O)CNc1ccc(S(C)(=O)=O)c(Cl)c1C. The summed E-state index contributed by atoms with van der Waals surface area (Å²) in [6, 6.07) is 3.05. The molecule has 1 rings (SSSR count). The molecule has 0 fully saturated rings. The van der Waals surface area contributed by atoms with E-state index >= 15 is 0 Å². The zero-order chi connectivity index (χ0) is 17.5. The van der Waals surface area contributed by atoms with Crippen LogP contribution >= 0.6 is 11.6 Å². The van der Waals surface area contributed by atoms with Gasteiger partial charge in [0.1, 0.15) is 0 Å². The summed E-state index contributed by atoms with van der Waals surface area (Å²) in [6.07, 6.45) is 1.87. The number of carbonyl (C=O) groups excluding carboxylic acids is 1. The van der Waals surface area contributed by atoms with Gasteiger partial charge in [-0.2, -0.15) is 0 Å². The summed E-state index contributed by atoms with van der Waals surface area (Å²) in [6.45, 7) is 5.55. The van der Waals surface area contributed by atoms with Crippen molar-refractivity contribution in [2.45, 2.75) is 25.2 Å². The molecule has 1 amide bonds. The highest BCUT2D eigenvalue weighted by atomic mass is 35.5. The topological polar surface area (TPSA) is 84.5 Å². The molecule has 0 aromatic heterocycles. The Morgan fingerprint density at radius 3 is 2.65 bits per heavy atom. The highest BCUT2D eigenvalue weighted by molar-refractivity contribution is 7.90. The highest BCUT2D eigenvalue weighted by Gasteiger charge is 2.16. The molecule has 0 saturated heterocycles. The van der Waals surface area contributed by atoms with Gasteiger partial charge in [-0.15, -0.1) is 0 Å². The molecule has 0 aliphatic rings. The van der Waals surface area contributed by atoms with E-state index in [0.717, 1.165) is 12.7 Å². The first-order chi connectivity index (χ1) is 10.8. The Bertz CT molecular complexity index is 647. The Hall–Kier alpha value is -1.31. The smallest absolute Gasteiger partial charge is 0.239 e. The number of rotatable bonds is 9. The Labute approximate surface area is 142 Å². The molecule has 0 bridgehead atoms. The van der Waals surface area contributed by atoms with Crippen molar-refractivity contribution < 1.29 is 17.9 Å². The van der Waals surface area contributed by atoms with Gasteiger partial charge in [0.25, 0.3) is 0 Å². The summed E-state index contributed by atoms with van der Waals surface area (Å²) in [7, 11) is -3.37. The Kier molecular flexibility index (Phi) is 7.81. The van der Waals surface area contributed by atoms with Gasteiger partial charge in [0.15, 0.2) is 9.84 Å². The monoisotopic (exact) mass is 362 g/mol. The van der Waals surface area contributed by atoms with Crippen molar-refractivity contribution in [3.8, 4) is 0 Å². The number of carbonyl (C=O) groups is 1. The van der Waals surface area contributed by atoms with Crippen LogP contribution in [0.25, 0.3) is 0 Å². The molecule has 8 heteroatoms. The average Bonchev–Trinajstić information content (AvgIpc) is 2.47. The zero-order valence-corrected chi connectivity index (χ0v) is 15.2. The lowest BCUT2D eigenvalue weighted by atomic mass is 10.2. The molecule has 23 heavy (non-hydrogen) atoms. The lowest BCUT2D eigenvalue weighted by Crippen LogP contribution is -2.31. The Morgan fingerprint density at radius 1 is 1.35 bits per heavy atom. The number of hydrogen-bond donors (Lipinski definition) is 2. The molecule has 2 N–H and O–H groups in total. The minimum Gasteiger partial charge on any atom is -0.382 e. The van der Waals surface area contributed by atoms with Crippen molar-refractivity contribution >= 4 is 33.0 Å². The van der Waals surface area contributed by atoms with Crippen LogP contribution in [0.15, 0.2) is 17.0 Å². The number of amides is 1. The van der Waals surface area contributed by atoms with Crippen molar-refractivity contribution in [2.75, 3.05) is 37.9 Å². The van der Waals surface area contributed by atoms with E-state index < -0.39 is 9.84 Å². The largest absolute Gasteiger partial charge is 0.382 e. The molecular formula is C15H23ClN2O4S. The number of benzene rings is 1. The maximum atomic E-state index is 11.7. The highest BCUT2D eigenvalue weighted by Crippen LogP contribution is 2.30. The first-order valence-electron chi connectivity index (χ1n) is 7.34. The molecule has 1 aromatic carbocycles. The summed E-state index contributed by atoms with van der Waals surface area (Å²) in [4.78, 5) is 11.8. The van der Waals surface area contributed by atoms with E-state index in [1.165, 1.54) is 6.07 Å². The van der Waals surface area contributed by atoms with Crippen molar-refractivity contribution in [2.24, 2.45) is 0 Å². The van der Waals surface area contributed by atoms with E-state index in [1.54, 1.807) is 13.0 Å². The molecule has 0 aliphatic carbocycles. The minimum absolute atomic E-state index is 0.0857. The molecule has 0 radical (unpaired) electrons. The predicted molar refractivity (Wildman–Crippen MR) is 91.9 cm³/mol. The van der Waals surface area contributed by atoms with Gasteiger partial charge in [0.05, 0.1) is 16.5 Å². The fraction of sp³-hybridized carbons (Fsp3) is 0.533. The van der Waals surface area contributed by atoms with Crippen LogP contribution in [0.2, 0.25) is 5.02 Å². The number of sulfone groups is 1. The fourth-order valence-corrected chi connectivity index (χ4v) is 3.30. The first-order valence-corrected chi connectivity index (χ1v) is 9.61. The second-order valence-corrected chi connectivity index (χ2v) is 7.44. The van der Waals surface area contributed by atoms with E-state index in [2.05, 4.69) is 10.6 Å². The number of nitrogens with one attached hydrogen (secondary N) is 2. The van der Waals surface area contributed by atoms with Crippen LogP contribution in [0, 0.1) is 6.92 Å².